The fraction of sp³-hybridized carbons (Fsp3) is 0.917. The van der Waals surface area contributed by atoms with Crippen LogP contribution in [-0.4, -0.2) is 18.2 Å². The summed E-state index contributed by atoms with van der Waals surface area (Å²) in [6, 6.07) is 0. The van der Waals surface area contributed by atoms with Gasteiger partial charge in [-0.25, -0.2) is 0 Å². The third kappa shape index (κ3) is 3.13. The topological polar surface area (TPSA) is 29.1 Å². The van der Waals surface area contributed by atoms with Crippen molar-refractivity contribution in [3.8, 4) is 0 Å². The maximum atomic E-state index is 11.6. The number of thiol groups is 1. The molecule has 0 bridgehead atoms. The number of hydrogen-bond donors (Lipinski definition) is 2. The summed E-state index contributed by atoms with van der Waals surface area (Å²) in [5.41, 5.74) is 0.268. The van der Waals surface area contributed by atoms with Crippen LogP contribution in [0.4, 0.5) is 0 Å². The van der Waals surface area contributed by atoms with Crippen LogP contribution < -0.4 is 5.32 Å². The Labute approximate surface area is 97.6 Å². The summed E-state index contributed by atoms with van der Waals surface area (Å²) in [6.07, 6.45) is 8.38. The first-order valence-electron chi connectivity index (χ1n) is 6.12. The molecule has 0 aromatic carbocycles. The van der Waals surface area contributed by atoms with Crippen LogP contribution in [0.1, 0.15) is 44.9 Å². The molecule has 2 nitrogen and oxygen atoms in total. The van der Waals surface area contributed by atoms with E-state index in [0.29, 0.717) is 6.42 Å². The zero-order chi connectivity index (χ0) is 10.7. The van der Waals surface area contributed by atoms with Gasteiger partial charge in [-0.3, -0.25) is 4.79 Å². The minimum Gasteiger partial charge on any atom is -0.356 e. The van der Waals surface area contributed by atoms with E-state index in [2.05, 4.69) is 17.9 Å². The molecule has 0 saturated heterocycles. The van der Waals surface area contributed by atoms with Crippen LogP contribution >= 0.6 is 12.6 Å². The first-order chi connectivity index (χ1) is 7.24. The molecule has 1 N–H and O–H groups in total. The highest BCUT2D eigenvalue weighted by Crippen LogP contribution is 2.49. The van der Waals surface area contributed by atoms with Crippen LogP contribution in [0.3, 0.4) is 0 Å². The molecule has 2 fully saturated rings. The van der Waals surface area contributed by atoms with Crippen molar-refractivity contribution in [2.75, 3.05) is 12.3 Å². The zero-order valence-electron chi connectivity index (χ0n) is 9.30. The Morgan fingerprint density at radius 3 is 2.60 bits per heavy atom. The van der Waals surface area contributed by atoms with Gasteiger partial charge in [-0.05, 0) is 36.3 Å². The van der Waals surface area contributed by atoms with Crippen LogP contribution in [0.15, 0.2) is 0 Å². The lowest BCUT2D eigenvalue weighted by Gasteiger charge is -2.25. The summed E-state index contributed by atoms with van der Waals surface area (Å²) in [6.45, 7) is 0.881. The summed E-state index contributed by atoms with van der Waals surface area (Å²) in [5.74, 6) is 1.99. The second-order valence-corrected chi connectivity index (χ2v) is 5.59. The Bertz CT molecular complexity index is 234. The highest BCUT2D eigenvalue weighted by Gasteiger charge is 2.42. The average Bonchev–Trinajstić information content (AvgIpc) is 2.90. The van der Waals surface area contributed by atoms with Gasteiger partial charge in [0.1, 0.15) is 0 Å². The summed E-state index contributed by atoms with van der Waals surface area (Å²) < 4.78 is 0. The van der Waals surface area contributed by atoms with Crippen LogP contribution in [0.5, 0.6) is 0 Å². The minimum absolute atomic E-state index is 0.237. The molecule has 1 amide bonds. The van der Waals surface area contributed by atoms with Crippen molar-refractivity contribution in [2.24, 2.45) is 11.3 Å². The monoisotopic (exact) mass is 227 g/mol. The molecular formula is C12H21NOS. The van der Waals surface area contributed by atoms with Crippen LogP contribution in [0, 0.1) is 11.3 Å². The molecule has 2 aliphatic rings. The number of hydrogen-bond acceptors (Lipinski definition) is 2. The fourth-order valence-corrected chi connectivity index (χ4v) is 2.60. The highest BCUT2D eigenvalue weighted by atomic mass is 32.1. The van der Waals surface area contributed by atoms with Crippen molar-refractivity contribution in [3.63, 3.8) is 0 Å². The normalized spacial score (nSPS) is 23.3. The minimum atomic E-state index is 0.237. The molecule has 0 aliphatic heterocycles. The third-order valence-electron chi connectivity index (χ3n) is 3.93. The molecule has 2 aliphatic carbocycles. The Kier molecular flexibility index (Phi) is 3.60. The van der Waals surface area contributed by atoms with Gasteiger partial charge >= 0.3 is 0 Å². The molecule has 0 radical (unpaired) electrons. The van der Waals surface area contributed by atoms with Gasteiger partial charge in [0.15, 0.2) is 0 Å². The van der Waals surface area contributed by atoms with E-state index in [1.54, 1.807) is 0 Å². The SMILES string of the molecule is O=C(CC1(CS)CC1)NCCC1CCC1. The van der Waals surface area contributed by atoms with Crippen molar-refractivity contribution in [2.45, 2.75) is 44.9 Å². The van der Waals surface area contributed by atoms with E-state index in [-0.39, 0.29) is 11.3 Å². The van der Waals surface area contributed by atoms with E-state index in [9.17, 15) is 4.79 Å². The van der Waals surface area contributed by atoms with Gasteiger partial charge in [-0.15, -0.1) is 0 Å². The lowest BCUT2D eigenvalue weighted by atomic mass is 9.83. The van der Waals surface area contributed by atoms with E-state index in [0.717, 1.165) is 18.2 Å². The summed E-state index contributed by atoms with van der Waals surface area (Å²) in [7, 11) is 0. The van der Waals surface area contributed by atoms with Crippen molar-refractivity contribution in [1.82, 2.24) is 5.32 Å². The maximum Gasteiger partial charge on any atom is 0.220 e. The zero-order valence-corrected chi connectivity index (χ0v) is 10.2. The third-order valence-corrected chi connectivity index (χ3v) is 4.60. The highest BCUT2D eigenvalue weighted by molar-refractivity contribution is 7.80. The van der Waals surface area contributed by atoms with Gasteiger partial charge in [0.05, 0.1) is 0 Å². The molecule has 2 saturated carbocycles. The number of rotatable bonds is 6. The first-order valence-corrected chi connectivity index (χ1v) is 6.75. The average molecular weight is 227 g/mol. The van der Waals surface area contributed by atoms with E-state index < -0.39 is 0 Å². The smallest absolute Gasteiger partial charge is 0.220 e. The molecule has 0 atom stereocenters. The number of nitrogens with one attached hydrogen (secondary N) is 1. The van der Waals surface area contributed by atoms with Crippen LogP contribution in [0.25, 0.3) is 0 Å². The van der Waals surface area contributed by atoms with Gasteiger partial charge in [0.25, 0.3) is 0 Å². The molecule has 0 aromatic rings. The molecule has 15 heavy (non-hydrogen) atoms. The molecule has 3 heteroatoms. The number of amides is 1. The number of carbonyl (C=O) groups is 1. The van der Waals surface area contributed by atoms with Crippen molar-refractivity contribution in [3.05, 3.63) is 0 Å². The van der Waals surface area contributed by atoms with E-state index in [4.69, 9.17) is 0 Å². The van der Waals surface area contributed by atoms with Crippen LogP contribution in [0.2, 0.25) is 0 Å². The Morgan fingerprint density at radius 1 is 1.40 bits per heavy atom. The summed E-state index contributed by atoms with van der Waals surface area (Å²) >= 11 is 4.31. The quantitative estimate of drug-likeness (QED) is 0.670. The Morgan fingerprint density at radius 2 is 2.13 bits per heavy atom. The molecule has 0 unspecified atom stereocenters. The summed E-state index contributed by atoms with van der Waals surface area (Å²) in [4.78, 5) is 11.6. The molecular weight excluding hydrogens is 206 g/mol. The first kappa shape index (κ1) is 11.3. The lowest BCUT2D eigenvalue weighted by Crippen LogP contribution is -2.29. The fourth-order valence-electron chi connectivity index (χ4n) is 2.17. The molecule has 0 spiro atoms. The largest absolute Gasteiger partial charge is 0.356 e. The maximum absolute atomic E-state index is 11.6. The number of carbonyl (C=O) groups excluding carboxylic acids is 1. The standard InChI is InChI=1S/C12H21NOS/c14-11(8-12(9-15)5-6-12)13-7-4-10-2-1-3-10/h10,15H,1-9H2,(H,13,14). The van der Waals surface area contributed by atoms with Gasteiger partial charge in [-0.2, -0.15) is 12.6 Å². The molecule has 86 valence electrons. The van der Waals surface area contributed by atoms with E-state index in [1.807, 2.05) is 0 Å². The Balaban J connectivity index is 1.56. The molecule has 0 aromatic heterocycles. The predicted octanol–water partition coefficient (Wildman–Crippen LogP) is 2.39. The Hall–Kier alpha value is -0.180. The second-order valence-electron chi connectivity index (χ2n) is 5.27. The predicted molar refractivity (Wildman–Crippen MR) is 65.1 cm³/mol. The van der Waals surface area contributed by atoms with E-state index in [1.165, 1.54) is 38.5 Å². The second kappa shape index (κ2) is 4.77. The van der Waals surface area contributed by atoms with Crippen molar-refractivity contribution < 1.29 is 4.79 Å². The van der Waals surface area contributed by atoms with Crippen LogP contribution in [-0.2, 0) is 4.79 Å². The lowest BCUT2D eigenvalue weighted by molar-refractivity contribution is -0.122. The van der Waals surface area contributed by atoms with Gasteiger partial charge in [0.2, 0.25) is 5.91 Å². The van der Waals surface area contributed by atoms with Crippen molar-refractivity contribution in [1.29, 1.82) is 0 Å². The van der Waals surface area contributed by atoms with E-state index >= 15 is 0 Å². The molecule has 0 heterocycles. The summed E-state index contributed by atoms with van der Waals surface area (Å²) in [5, 5.41) is 3.04. The van der Waals surface area contributed by atoms with Gasteiger partial charge in [0, 0.05) is 13.0 Å². The van der Waals surface area contributed by atoms with Gasteiger partial charge in [-0.1, -0.05) is 19.3 Å². The van der Waals surface area contributed by atoms with Crippen molar-refractivity contribution >= 4 is 18.5 Å². The van der Waals surface area contributed by atoms with Gasteiger partial charge < -0.3 is 5.32 Å². The molecule has 2 rings (SSSR count).